The SMILES string of the molecule is CCCN1CC[N]c2ccccc2C1. The molecular weight excluding hydrogens is 172 g/mol. The molecule has 14 heavy (non-hydrogen) atoms. The molecule has 1 heterocycles. The van der Waals surface area contributed by atoms with Crippen LogP contribution in [0.25, 0.3) is 0 Å². The van der Waals surface area contributed by atoms with Crippen LogP contribution in [0.1, 0.15) is 18.9 Å². The number of nitrogens with zero attached hydrogens (tertiary/aromatic N) is 2. The maximum absolute atomic E-state index is 4.58. The Bertz CT molecular complexity index is 296. The fourth-order valence-electron chi connectivity index (χ4n) is 1.94. The number of benzene rings is 1. The van der Waals surface area contributed by atoms with E-state index >= 15 is 0 Å². The van der Waals surface area contributed by atoms with Crippen molar-refractivity contribution in [2.75, 3.05) is 19.6 Å². The third-order valence-corrected chi connectivity index (χ3v) is 2.62. The van der Waals surface area contributed by atoms with Gasteiger partial charge in [0.25, 0.3) is 0 Å². The molecule has 0 atom stereocenters. The van der Waals surface area contributed by atoms with Crippen LogP contribution in [0.2, 0.25) is 0 Å². The van der Waals surface area contributed by atoms with Crippen LogP contribution in [0.15, 0.2) is 24.3 Å². The zero-order valence-electron chi connectivity index (χ0n) is 8.74. The molecule has 2 rings (SSSR count). The molecule has 0 spiro atoms. The first-order valence-electron chi connectivity index (χ1n) is 5.38. The molecule has 2 heteroatoms. The monoisotopic (exact) mass is 189 g/mol. The summed E-state index contributed by atoms with van der Waals surface area (Å²) in [5, 5.41) is 4.58. The summed E-state index contributed by atoms with van der Waals surface area (Å²) in [6, 6.07) is 8.47. The quantitative estimate of drug-likeness (QED) is 0.697. The number of hydrogen-bond donors (Lipinski definition) is 0. The van der Waals surface area contributed by atoms with Crippen LogP contribution in [0.4, 0.5) is 5.69 Å². The summed E-state index contributed by atoms with van der Waals surface area (Å²) < 4.78 is 0. The van der Waals surface area contributed by atoms with Crippen LogP contribution >= 0.6 is 0 Å². The van der Waals surface area contributed by atoms with E-state index in [4.69, 9.17) is 0 Å². The van der Waals surface area contributed by atoms with Gasteiger partial charge in [-0.3, -0.25) is 10.2 Å². The van der Waals surface area contributed by atoms with E-state index in [1.165, 1.54) is 24.2 Å². The molecule has 1 aromatic rings. The summed E-state index contributed by atoms with van der Waals surface area (Å²) >= 11 is 0. The molecule has 0 aliphatic carbocycles. The van der Waals surface area contributed by atoms with Crippen molar-refractivity contribution < 1.29 is 0 Å². The van der Waals surface area contributed by atoms with Crippen LogP contribution < -0.4 is 5.32 Å². The lowest BCUT2D eigenvalue weighted by molar-refractivity contribution is 0.276. The van der Waals surface area contributed by atoms with Gasteiger partial charge in [0.2, 0.25) is 0 Å². The number of rotatable bonds is 2. The molecule has 1 aliphatic rings. The van der Waals surface area contributed by atoms with Gasteiger partial charge in [0.05, 0.1) is 12.2 Å². The Balaban J connectivity index is 2.14. The van der Waals surface area contributed by atoms with E-state index in [0.717, 1.165) is 19.6 Å². The molecule has 0 saturated heterocycles. The zero-order chi connectivity index (χ0) is 9.80. The summed E-state index contributed by atoms with van der Waals surface area (Å²) in [5.41, 5.74) is 2.56. The fourth-order valence-corrected chi connectivity index (χ4v) is 1.94. The zero-order valence-corrected chi connectivity index (χ0v) is 8.74. The van der Waals surface area contributed by atoms with Crippen molar-refractivity contribution in [3.63, 3.8) is 0 Å². The second-order valence-corrected chi connectivity index (χ2v) is 3.79. The van der Waals surface area contributed by atoms with Crippen LogP contribution in [0, 0.1) is 0 Å². The van der Waals surface area contributed by atoms with Gasteiger partial charge in [-0.05, 0) is 24.6 Å². The van der Waals surface area contributed by atoms with Crippen molar-refractivity contribution in [1.29, 1.82) is 0 Å². The minimum atomic E-state index is 0.941. The van der Waals surface area contributed by atoms with Crippen molar-refractivity contribution in [3.05, 3.63) is 29.8 Å². The lowest BCUT2D eigenvalue weighted by atomic mass is 10.1. The number of fused-ring (bicyclic) bond motifs is 1. The fraction of sp³-hybridized carbons (Fsp3) is 0.500. The van der Waals surface area contributed by atoms with Gasteiger partial charge in [-0.15, -0.1) is 0 Å². The van der Waals surface area contributed by atoms with Crippen molar-refractivity contribution in [2.45, 2.75) is 19.9 Å². The molecule has 0 unspecified atom stereocenters. The molecule has 0 aromatic heterocycles. The Hall–Kier alpha value is -1.02. The smallest absolute Gasteiger partial charge is 0.0619 e. The second-order valence-electron chi connectivity index (χ2n) is 3.79. The Labute approximate surface area is 85.9 Å². The van der Waals surface area contributed by atoms with Gasteiger partial charge in [0, 0.05) is 13.1 Å². The molecule has 75 valence electrons. The van der Waals surface area contributed by atoms with Crippen LogP contribution in [0.5, 0.6) is 0 Å². The summed E-state index contributed by atoms with van der Waals surface area (Å²) in [6.07, 6.45) is 1.22. The van der Waals surface area contributed by atoms with Gasteiger partial charge in [-0.1, -0.05) is 25.1 Å². The van der Waals surface area contributed by atoms with E-state index < -0.39 is 0 Å². The highest BCUT2D eigenvalue weighted by Gasteiger charge is 2.12. The van der Waals surface area contributed by atoms with Crippen LogP contribution in [-0.4, -0.2) is 24.5 Å². The molecular formula is C12H17N2. The van der Waals surface area contributed by atoms with E-state index in [1.54, 1.807) is 0 Å². The Morgan fingerprint density at radius 3 is 3.07 bits per heavy atom. The van der Waals surface area contributed by atoms with Crippen molar-refractivity contribution >= 4 is 5.69 Å². The highest BCUT2D eigenvalue weighted by atomic mass is 15.1. The normalized spacial score (nSPS) is 16.9. The molecule has 1 aromatic carbocycles. The lowest BCUT2D eigenvalue weighted by Crippen LogP contribution is -2.26. The van der Waals surface area contributed by atoms with E-state index in [1.807, 2.05) is 0 Å². The standard InChI is InChI=1S/C12H17N2/c1-2-8-14-9-7-13-12-6-4-3-5-11(12)10-14/h3-6H,2,7-10H2,1H3. The molecule has 0 fully saturated rings. The molecule has 1 radical (unpaired) electrons. The highest BCUT2D eigenvalue weighted by Crippen LogP contribution is 2.19. The van der Waals surface area contributed by atoms with Gasteiger partial charge in [0.15, 0.2) is 0 Å². The third-order valence-electron chi connectivity index (χ3n) is 2.62. The molecule has 0 N–H and O–H groups in total. The molecule has 2 nitrogen and oxygen atoms in total. The van der Waals surface area contributed by atoms with Gasteiger partial charge in [-0.2, -0.15) is 0 Å². The Morgan fingerprint density at radius 1 is 1.36 bits per heavy atom. The predicted octanol–water partition coefficient (Wildman–Crippen LogP) is 2.15. The van der Waals surface area contributed by atoms with E-state index in [9.17, 15) is 0 Å². The van der Waals surface area contributed by atoms with Crippen molar-refractivity contribution in [1.82, 2.24) is 10.2 Å². The minimum Gasteiger partial charge on any atom is -0.297 e. The summed E-state index contributed by atoms with van der Waals surface area (Å²) in [5.74, 6) is 0. The molecule has 0 amide bonds. The third kappa shape index (κ3) is 2.07. The first-order chi connectivity index (χ1) is 6.90. The van der Waals surface area contributed by atoms with Crippen molar-refractivity contribution in [3.8, 4) is 0 Å². The Morgan fingerprint density at radius 2 is 2.21 bits per heavy atom. The van der Waals surface area contributed by atoms with E-state index in [0.29, 0.717) is 0 Å². The average Bonchev–Trinajstić information content (AvgIpc) is 2.40. The highest BCUT2D eigenvalue weighted by molar-refractivity contribution is 5.45. The van der Waals surface area contributed by atoms with Gasteiger partial charge >= 0.3 is 0 Å². The topological polar surface area (TPSA) is 17.3 Å². The minimum absolute atomic E-state index is 0.941. The maximum atomic E-state index is 4.58. The first-order valence-corrected chi connectivity index (χ1v) is 5.38. The largest absolute Gasteiger partial charge is 0.297 e. The molecule has 1 aliphatic heterocycles. The van der Waals surface area contributed by atoms with Gasteiger partial charge < -0.3 is 0 Å². The summed E-state index contributed by atoms with van der Waals surface area (Å²) in [7, 11) is 0. The summed E-state index contributed by atoms with van der Waals surface area (Å²) in [6.45, 7) is 6.52. The lowest BCUT2D eigenvalue weighted by Gasteiger charge is -2.18. The average molecular weight is 189 g/mol. The Kier molecular flexibility index (Phi) is 3.04. The summed E-state index contributed by atoms with van der Waals surface area (Å²) in [4.78, 5) is 2.48. The van der Waals surface area contributed by atoms with E-state index in [-0.39, 0.29) is 0 Å². The van der Waals surface area contributed by atoms with Gasteiger partial charge in [-0.25, -0.2) is 0 Å². The molecule has 0 saturated carbocycles. The number of para-hydroxylation sites is 1. The number of hydrogen-bond acceptors (Lipinski definition) is 1. The van der Waals surface area contributed by atoms with Crippen molar-refractivity contribution in [2.24, 2.45) is 0 Å². The maximum Gasteiger partial charge on any atom is 0.0619 e. The first kappa shape index (κ1) is 9.53. The second kappa shape index (κ2) is 4.47. The van der Waals surface area contributed by atoms with Crippen LogP contribution in [-0.2, 0) is 6.54 Å². The van der Waals surface area contributed by atoms with E-state index in [2.05, 4.69) is 41.4 Å². The van der Waals surface area contributed by atoms with Gasteiger partial charge in [0.1, 0.15) is 0 Å². The predicted molar refractivity (Wildman–Crippen MR) is 58.7 cm³/mol. The van der Waals surface area contributed by atoms with Crippen LogP contribution in [0.3, 0.4) is 0 Å². The molecule has 0 bridgehead atoms.